The highest BCUT2D eigenvalue weighted by Crippen LogP contribution is 2.30. The molecule has 1 aliphatic rings. The lowest BCUT2D eigenvalue weighted by Gasteiger charge is -2.29. The second-order valence-electron chi connectivity index (χ2n) is 6.72. The summed E-state index contributed by atoms with van der Waals surface area (Å²) in [6.45, 7) is 2.66. The van der Waals surface area contributed by atoms with E-state index in [4.69, 9.17) is 8.92 Å². The Morgan fingerprint density at radius 2 is 1.57 bits per heavy atom. The lowest BCUT2D eigenvalue weighted by atomic mass is 10.1. The fourth-order valence-corrected chi connectivity index (χ4v) is 4.01. The number of rotatable bonds is 7. The van der Waals surface area contributed by atoms with Gasteiger partial charge in [0.2, 0.25) is 0 Å². The molecule has 3 rings (SSSR count). The molecule has 1 heterocycles. The monoisotopic (exact) mass is 411 g/mol. The highest BCUT2D eigenvalue weighted by molar-refractivity contribution is 7.86. The van der Waals surface area contributed by atoms with Crippen molar-refractivity contribution in [3.05, 3.63) is 53.6 Å². The molecule has 0 aliphatic carbocycles. The van der Waals surface area contributed by atoms with Gasteiger partial charge in [0.1, 0.15) is 24.7 Å². The van der Waals surface area contributed by atoms with Crippen LogP contribution in [0.5, 0.6) is 5.75 Å². The Morgan fingerprint density at radius 3 is 2.18 bits per heavy atom. The highest BCUT2D eigenvalue weighted by atomic mass is 32.2. The number of benzene rings is 2. The first-order valence-corrected chi connectivity index (χ1v) is 10.6. The first-order valence-electron chi connectivity index (χ1n) is 9.20. The maximum Gasteiger partial charge on any atom is 0.297 e. The molecule has 0 N–H and O–H groups in total. The van der Waals surface area contributed by atoms with E-state index in [1.54, 1.807) is 17.0 Å². The van der Waals surface area contributed by atoms with Gasteiger partial charge in [-0.3, -0.25) is 4.18 Å². The molecular weight excluding hydrogens is 388 g/mol. The second-order valence-corrected chi connectivity index (χ2v) is 8.34. The van der Waals surface area contributed by atoms with E-state index in [2.05, 4.69) is 0 Å². The van der Waals surface area contributed by atoms with E-state index in [0.717, 1.165) is 37.0 Å². The van der Waals surface area contributed by atoms with Crippen LogP contribution in [0.3, 0.4) is 0 Å². The predicted octanol–water partition coefficient (Wildman–Crippen LogP) is 4.05. The molecule has 0 aromatic heterocycles. The summed E-state index contributed by atoms with van der Waals surface area (Å²) in [5.41, 5.74) is 0.893. The molecule has 1 fully saturated rings. The molecule has 152 valence electrons. The van der Waals surface area contributed by atoms with Crippen LogP contribution in [-0.4, -0.2) is 34.7 Å². The quantitative estimate of drug-likeness (QED) is 0.508. The highest BCUT2D eigenvalue weighted by Gasteiger charge is 2.20. The molecule has 1 aliphatic heterocycles. The molecular formula is C20H23F2NO4S. The third-order valence-corrected chi connectivity index (χ3v) is 5.89. The topological polar surface area (TPSA) is 55.8 Å². The number of nitrogens with zero attached hydrogens (tertiary/aromatic N) is 1. The van der Waals surface area contributed by atoms with Crippen molar-refractivity contribution in [1.29, 1.82) is 0 Å². The van der Waals surface area contributed by atoms with Gasteiger partial charge in [-0.25, -0.2) is 8.78 Å². The zero-order chi connectivity index (χ0) is 20.1. The van der Waals surface area contributed by atoms with Gasteiger partial charge in [0, 0.05) is 25.2 Å². The van der Waals surface area contributed by atoms with Crippen LogP contribution in [0.1, 0.15) is 24.8 Å². The summed E-state index contributed by atoms with van der Waals surface area (Å²) < 4.78 is 63.1. The smallest absolute Gasteiger partial charge is 0.297 e. The van der Waals surface area contributed by atoms with Gasteiger partial charge < -0.3 is 9.64 Å². The minimum atomic E-state index is -3.90. The van der Waals surface area contributed by atoms with Gasteiger partial charge in [-0.15, -0.1) is 0 Å². The molecule has 0 bridgehead atoms. The van der Waals surface area contributed by atoms with E-state index in [-0.39, 0.29) is 29.5 Å². The maximum absolute atomic E-state index is 14.4. The van der Waals surface area contributed by atoms with E-state index >= 15 is 0 Å². The second kappa shape index (κ2) is 8.87. The fraction of sp³-hybridized carbons (Fsp3) is 0.400. The van der Waals surface area contributed by atoms with Crippen LogP contribution in [0.4, 0.5) is 14.5 Å². The lowest BCUT2D eigenvalue weighted by Crippen LogP contribution is -2.31. The Kier molecular flexibility index (Phi) is 6.51. The first-order chi connectivity index (χ1) is 13.4. The van der Waals surface area contributed by atoms with Gasteiger partial charge in [0.15, 0.2) is 11.6 Å². The Hall–Kier alpha value is -2.19. The third kappa shape index (κ3) is 4.99. The SMILES string of the molecule is Cc1ccc(S(=O)(=O)OCCOc2cc(F)c(N3CCCCC3)c(F)c2)cc1. The van der Waals surface area contributed by atoms with Gasteiger partial charge in [-0.05, 0) is 38.3 Å². The van der Waals surface area contributed by atoms with Crippen LogP contribution in [0, 0.1) is 18.6 Å². The first kappa shape index (κ1) is 20.5. The Labute approximate surface area is 164 Å². The van der Waals surface area contributed by atoms with Gasteiger partial charge >= 0.3 is 0 Å². The van der Waals surface area contributed by atoms with Gasteiger partial charge in [0.05, 0.1) is 4.90 Å². The average molecular weight is 411 g/mol. The Morgan fingerprint density at radius 1 is 0.964 bits per heavy atom. The van der Waals surface area contributed by atoms with Crippen LogP contribution in [0.2, 0.25) is 0 Å². The lowest BCUT2D eigenvalue weighted by molar-refractivity contribution is 0.220. The number of anilines is 1. The van der Waals surface area contributed by atoms with E-state index in [0.29, 0.717) is 13.1 Å². The Balaban J connectivity index is 1.57. The van der Waals surface area contributed by atoms with Gasteiger partial charge in [-0.1, -0.05) is 17.7 Å². The largest absolute Gasteiger partial charge is 0.491 e. The summed E-state index contributed by atoms with van der Waals surface area (Å²) in [5.74, 6) is -1.39. The third-order valence-electron chi connectivity index (χ3n) is 4.56. The summed E-state index contributed by atoms with van der Waals surface area (Å²) in [5, 5.41) is 0. The van der Waals surface area contributed by atoms with Crippen molar-refractivity contribution < 1.29 is 26.1 Å². The number of hydrogen-bond acceptors (Lipinski definition) is 5. The molecule has 2 aromatic rings. The number of ether oxygens (including phenoxy) is 1. The van der Waals surface area contributed by atoms with Crippen LogP contribution in [0.25, 0.3) is 0 Å². The van der Waals surface area contributed by atoms with Crippen LogP contribution in [0.15, 0.2) is 41.3 Å². The number of piperidine rings is 1. The molecule has 1 saturated heterocycles. The molecule has 0 saturated carbocycles. The molecule has 0 atom stereocenters. The summed E-state index contributed by atoms with van der Waals surface area (Å²) in [7, 11) is -3.90. The molecule has 2 aromatic carbocycles. The van der Waals surface area contributed by atoms with Crippen molar-refractivity contribution in [2.24, 2.45) is 0 Å². The summed E-state index contributed by atoms with van der Waals surface area (Å²) in [4.78, 5) is 1.75. The van der Waals surface area contributed by atoms with Crippen LogP contribution >= 0.6 is 0 Å². The molecule has 28 heavy (non-hydrogen) atoms. The molecule has 0 amide bonds. The van der Waals surface area contributed by atoms with Gasteiger partial charge in [-0.2, -0.15) is 8.42 Å². The summed E-state index contributed by atoms with van der Waals surface area (Å²) >= 11 is 0. The van der Waals surface area contributed by atoms with Crippen molar-refractivity contribution in [2.75, 3.05) is 31.2 Å². The normalized spacial score (nSPS) is 14.9. The van der Waals surface area contributed by atoms with Crippen molar-refractivity contribution in [3.8, 4) is 5.75 Å². The fourth-order valence-electron chi connectivity index (χ4n) is 3.12. The number of halogens is 2. The zero-order valence-electron chi connectivity index (χ0n) is 15.7. The van der Waals surface area contributed by atoms with E-state index in [1.165, 1.54) is 12.1 Å². The van der Waals surface area contributed by atoms with Crippen LogP contribution < -0.4 is 9.64 Å². The van der Waals surface area contributed by atoms with E-state index in [1.807, 2.05) is 6.92 Å². The van der Waals surface area contributed by atoms with Crippen molar-refractivity contribution >= 4 is 15.8 Å². The Bertz CT molecular complexity index is 887. The summed E-state index contributed by atoms with van der Waals surface area (Å²) in [6.07, 6.45) is 2.88. The average Bonchev–Trinajstić information content (AvgIpc) is 2.66. The summed E-state index contributed by atoms with van der Waals surface area (Å²) in [6, 6.07) is 8.47. The van der Waals surface area contributed by atoms with E-state index in [9.17, 15) is 17.2 Å². The van der Waals surface area contributed by atoms with Crippen molar-refractivity contribution in [1.82, 2.24) is 0 Å². The van der Waals surface area contributed by atoms with Crippen molar-refractivity contribution in [3.63, 3.8) is 0 Å². The predicted molar refractivity (Wildman–Crippen MR) is 102 cm³/mol. The van der Waals surface area contributed by atoms with Gasteiger partial charge in [0.25, 0.3) is 10.1 Å². The number of hydrogen-bond donors (Lipinski definition) is 0. The zero-order valence-corrected chi connectivity index (χ0v) is 16.5. The molecule has 5 nitrogen and oxygen atoms in total. The molecule has 0 unspecified atom stereocenters. The molecule has 8 heteroatoms. The standard InChI is InChI=1S/C20H23F2NO4S/c1-15-5-7-17(8-6-15)28(24,25)27-12-11-26-16-13-18(21)20(19(22)14-16)23-9-3-2-4-10-23/h5-8,13-14H,2-4,9-12H2,1H3. The van der Waals surface area contributed by atoms with Crippen molar-refractivity contribution in [2.45, 2.75) is 31.1 Å². The minimum absolute atomic E-state index is 0.00732. The van der Waals surface area contributed by atoms with Crippen LogP contribution in [-0.2, 0) is 14.3 Å². The number of aryl methyl sites for hydroxylation is 1. The molecule has 0 radical (unpaired) electrons. The minimum Gasteiger partial charge on any atom is -0.491 e. The van der Waals surface area contributed by atoms with E-state index < -0.39 is 21.8 Å². The molecule has 0 spiro atoms. The maximum atomic E-state index is 14.4.